The minimum atomic E-state index is 0.243. The van der Waals surface area contributed by atoms with Crippen LogP contribution in [0.4, 0.5) is 5.69 Å². The second-order valence-corrected chi connectivity index (χ2v) is 9.12. The molecule has 0 radical (unpaired) electrons. The SMILES string of the molecule is O=C(CN1CCC(c2nnc(C3CC3)s2)CC1)N1CCCc2ccccc21. The molecule has 1 aliphatic carbocycles. The number of rotatable bonds is 4. The van der Waals surface area contributed by atoms with Crippen molar-refractivity contribution in [3.8, 4) is 0 Å². The van der Waals surface area contributed by atoms with Crippen molar-refractivity contribution in [3.63, 3.8) is 0 Å². The van der Waals surface area contributed by atoms with E-state index in [2.05, 4.69) is 33.3 Å². The summed E-state index contributed by atoms with van der Waals surface area (Å²) in [5.41, 5.74) is 2.42. The highest BCUT2D eigenvalue weighted by molar-refractivity contribution is 7.11. The summed E-state index contributed by atoms with van der Waals surface area (Å²) in [4.78, 5) is 17.2. The van der Waals surface area contributed by atoms with Crippen molar-refractivity contribution in [2.45, 2.75) is 50.4 Å². The monoisotopic (exact) mass is 382 g/mol. The number of benzene rings is 1. The van der Waals surface area contributed by atoms with E-state index in [9.17, 15) is 4.79 Å². The molecule has 5 nitrogen and oxygen atoms in total. The molecule has 0 atom stereocenters. The topological polar surface area (TPSA) is 49.3 Å². The molecule has 1 aromatic carbocycles. The Morgan fingerprint density at radius 2 is 1.70 bits per heavy atom. The number of amides is 1. The van der Waals surface area contributed by atoms with Gasteiger partial charge in [-0.05, 0) is 63.2 Å². The second-order valence-electron chi connectivity index (χ2n) is 8.08. The van der Waals surface area contributed by atoms with E-state index in [1.165, 1.54) is 28.4 Å². The van der Waals surface area contributed by atoms with Gasteiger partial charge in [0, 0.05) is 24.1 Å². The fourth-order valence-corrected chi connectivity index (χ4v) is 5.50. The van der Waals surface area contributed by atoms with Crippen molar-refractivity contribution >= 4 is 22.9 Å². The lowest BCUT2D eigenvalue weighted by atomic mass is 9.97. The third-order valence-electron chi connectivity index (χ3n) is 6.09. The van der Waals surface area contributed by atoms with Crippen LogP contribution in [0.5, 0.6) is 0 Å². The molecule has 0 bridgehead atoms. The number of para-hydroxylation sites is 1. The molecule has 5 rings (SSSR count). The largest absolute Gasteiger partial charge is 0.311 e. The summed E-state index contributed by atoms with van der Waals surface area (Å²) < 4.78 is 0. The van der Waals surface area contributed by atoms with Crippen LogP contribution >= 0.6 is 11.3 Å². The Kier molecular flexibility index (Phi) is 4.70. The molecule has 142 valence electrons. The number of anilines is 1. The molecule has 2 aliphatic heterocycles. The van der Waals surface area contributed by atoms with Crippen molar-refractivity contribution in [2.24, 2.45) is 0 Å². The lowest BCUT2D eigenvalue weighted by Crippen LogP contribution is -2.45. The minimum Gasteiger partial charge on any atom is -0.311 e. The zero-order valence-electron chi connectivity index (χ0n) is 15.6. The van der Waals surface area contributed by atoms with E-state index in [4.69, 9.17) is 0 Å². The first-order chi connectivity index (χ1) is 13.3. The first kappa shape index (κ1) is 17.3. The number of aromatic nitrogens is 2. The quantitative estimate of drug-likeness (QED) is 0.811. The number of carbonyl (C=O) groups is 1. The molecule has 1 saturated carbocycles. The highest BCUT2D eigenvalue weighted by atomic mass is 32.1. The molecular weight excluding hydrogens is 356 g/mol. The third kappa shape index (κ3) is 3.65. The number of piperidine rings is 1. The van der Waals surface area contributed by atoms with E-state index in [0.29, 0.717) is 18.4 Å². The van der Waals surface area contributed by atoms with Crippen LogP contribution in [0.3, 0.4) is 0 Å². The fourth-order valence-electron chi connectivity index (χ4n) is 4.31. The summed E-state index contributed by atoms with van der Waals surface area (Å²) in [7, 11) is 0. The molecule has 27 heavy (non-hydrogen) atoms. The normalized spacial score (nSPS) is 21.3. The van der Waals surface area contributed by atoms with Gasteiger partial charge in [0.25, 0.3) is 0 Å². The molecule has 1 saturated heterocycles. The summed E-state index contributed by atoms with van der Waals surface area (Å²) in [5.74, 6) is 1.46. The highest BCUT2D eigenvalue weighted by Gasteiger charge is 2.31. The number of hydrogen-bond donors (Lipinski definition) is 0. The van der Waals surface area contributed by atoms with E-state index in [-0.39, 0.29) is 5.91 Å². The molecule has 2 aromatic rings. The van der Waals surface area contributed by atoms with Crippen LogP contribution in [0.25, 0.3) is 0 Å². The van der Waals surface area contributed by atoms with Gasteiger partial charge in [-0.2, -0.15) is 0 Å². The van der Waals surface area contributed by atoms with E-state index < -0.39 is 0 Å². The maximum Gasteiger partial charge on any atom is 0.241 e. The molecular formula is C21H26N4OS. The molecule has 1 amide bonds. The summed E-state index contributed by atoms with van der Waals surface area (Å²) in [5, 5.41) is 11.3. The number of carbonyl (C=O) groups excluding carboxylic acids is 1. The van der Waals surface area contributed by atoms with Gasteiger partial charge in [0.1, 0.15) is 10.0 Å². The lowest BCUT2D eigenvalue weighted by molar-refractivity contribution is -0.120. The van der Waals surface area contributed by atoms with Gasteiger partial charge in [-0.3, -0.25) is 9.69 Å². The smallest absolute Gasteiger partial charge is 0.241 e. The van der Waals surface area contributed by atoms with Gasteiger partial charge in [-0.15, -0.1) is 21.5 Å². The summed E-state index contributed by atoms with van der Waals surface area (Å²) >= 11 is 1.82. The first-order valence-electron chi connectivity index (χ1n) is 10.2. The maximum absolute atomic E-state index is 12.9. The van der Waals surface area contributed by atoms with E-state index in [1.54, 1.807) is 0 Å². The van der Waals surface area contributed by atoms with Crippen LogP contribution in [0.2, 0.25) is 0 Å². The average Bonchev–Trinajstić information content (AvgIpc) is 3.45. The van der Waals surface area contributed by atoms with Gasteiger partial charge in [0.2, 0.25) is 5.91 Å². The molecule has 3 heterocycles. The zero-order valence-corrected chi connectivity index (χ0v) is 16.5. The Bertz CT molecular complexity index is 823. The number of nitrogens with zero attached hydrogens (tertiary/aromatic N) is 4. The molecule has 1 aromatic heterocycles. The maximum atomic E-state index is 12.9. The van der Waals surface area contributed by atoms with Crippen molar-refractivity contribution in [1.29, 1.82) is 0 Å². The third-order valence-corrected chi connectivity index (χ3v) is 7.34. The van der Waals surface area contributed by atoms with Crippen molar-refractivity contribution < 1.29 is 4.79 Å². The standard InChI is InChI=1S/C21H26N4OS/c26-19(25-11-3-5-15-4-1-2-6-18(15)25)14-24-12-9-17(10-13-24)21-23-22-20(27-21)16-7-8-16/h1-2,4,6,16-17H,3,5,7-14H2. The summed E-state index contributed by atoms with van der Waals surface area (Å²) in [6.45, 7) is 3.33. The van der Waals surface area contributed by atoms with Crippen LogP contribution in [-0.4, -0.2) is 47.2 Å². The molecule has 2 fully saturated rings. The fraction of sp³-hybridized carbons (Fsp3) is 0.571. The molecule has 0 N–H and O–H groups in total. The van der Waals surface area contributed by atoms with Crippen LogP contribution in [0, 0.1) is 0 Å². The predicted molar refractivity (Wildman–Crippen MR) is 107 cm³/mol. The predicted octanol–water partition coefficient (Wildman–Crippen LogP) is 3.57. The highest BCUT2D eigenvalue weighted by Crippen LogP contribution is 2.43. The number of aryl methyl sites for hydroxylation is 1. The lowest BCUT2D eigenvalue weighted by Gasteiger charge is -2.34. The van der Waals surface area contributed by atoms with Crippen LogP contribution in [-0.2, 0) is 11.2 Å². The van der Waals surface area contributed by atoms with Gasteiger partial charge in [0.05, 0.1) is 6.54 Å². The average molecular weight is 383 g/mol. The van der Waals surface area contributed by atoms with Crippen LogP contribution < -0.4 is 4.90 Å². The molecule has 0 spiro atoms. The first-order valence-corrected chi connectivity index (χ1v) is 11.0. The Balaban J connectivity index is 1.17. The Hall–Kier alpha value is -1.79. The Morgan fingerprint density at radius 1 is 1.00 bits per heavy atom. The van der Waals surface area contributed by atoms with Crippen LogP contribution in [0.1, 0.15) is 59.5 Å². The minimum absolute atomic E-state index is 0.243. The van der Waals surface area contributed by atoms with Crippen molar-refractivity contribution in [1.82, 2.24) is 15.1 Å². The Labute approximate surface area is 164 Å². The molecule has 6 heteroatoms. The van der Waals surface area contributed by atoms with Gasteiger partial charge < -0.3 is 4.90 Å². The molecule has 0 unspecified atom stereocenters. The second kappa shape index (κ2) is 7.32. The van der Waals surface area contributed by atoms with Crippen molar-refractivity contribution in [3.05, 3.63) is 39.8 Å². The summed E-state index contributed by atoms with van der Waals surface area (Å²) in [6.07, 6.45) is 6.89. The Morgan fingerprint density at radius 3 is 2.44 bits per heavy atom. The van der Waals surface area contributed by atoms with Gasteiger partial charge in [-0.1, -0.05) is 18.2 Å². The number of hydrogen-bond acceptors (Lipinski definition) is 5. The van der Waals surface area contributed by atoms with Gasteiger partial charge in [-0.25, -0.2) is 0 Å². The zero-order chi connectivity index (χ0) is 18.2. The van der Waals surface area contributed by atoms with Gasteiger partial charge >= 0.3 is 0 Å². The van der Waals surface area contributed by atoms with Gasteiger partial charge in [0.15, 0.2) is 0 Å². The number of likely N-dealkylation sites (tertiary alicyclic amines) is 1. The van der Waals surface area contributed by atoms with Crippen molar-refractivity contribution in [2.75, 3.05) is 31.1 Å². The van der Waals surface area contributed by atoms with E-state index in [1.807, 2.05) is 22.3 Å². The van der Waals surface area contributed by atoms with Crippen LogP contribution in [0.15, 0.2) is 24.3 Å². The molecule has 3 aliphatic rings. The van der Waals surface area contributed by atoms with E-state index >= 15 is 0 Å². The van der Waals surface area contributed by atoms with E-state index in [0.717, 1.165) is 51.0 Å². The number of fused-ring (bicyclic) bond motifs is 1. The summed E-state index contributed by atoms with van der Waals surface area (Å²) in [6, 6.07) is 8.34.